The number of anilines is 1. The van der Waals surface area contributed by atoms with Crippen molar-refractivity contribution in [3.05, 3.63) is 57.8 Å². The molecule has 0 fully saturated rings. The molecule has 2 aromatic carbocycles. The van der Waals surface area contributed by atoms with Crippen LogP contribution in [0.25, 0.3) is 0 Å². The summed E-state index contributed by atoms with van der Waals surface area (Å²) in [7, 11) is 0. The highest BCUT2D eigenvalue weighted by Gasteiger charge is 2.06. The Bertz CT molecular complexity index is 652. The summed E-state index contributed by atoms with van der Waals surface area (Å²) in [5.41, 5.74) is 7.50. The highest BCUT2D eigenvalue weighted by molar-refractivity contribution is 9.10. The smallest absolute Gasteiger partial charge is 0.127 e. The van der Waals surface area contributed by atoms with Gasteiger partial charge in [0.1, 0.15) is 5.82 Å². The van der Waals surface area contributed by atoms with Crippen molar-refractivity contribution < 1.29 is 4.39 Å². The van der Waals surface area contributed by atoms with Gasteiger partial charge in [-0.25, -0.2) is 4.39 Å². The van der Waals surface area contributed by atoms with E-state index in [0.29, 0.717) is 22.6 Å². The molecule has 0 spiro atoms. The highest BCUT2D eigenvalue weighted by atomic mass is 79.9. The molecule has 0 saturated heterocycles. The highest BCUT2D eigenvalue weighted by Crippen LogP contribution is 2.31. The minimum Gasteiger partial charge on any atom is -0.398 e. The summed E-state index contributed by atoms with van der Waals surface area (Å²) >= 11 is 4.78. The second-order valence-electron chi connectivity index (χ2n) is 3.89. The van der Waals surface area contributed by atoms with Gasteiger partial charge in [-0.2, -0.15) is 5.26 Å². The minimum atomic E-state index is -0.304. The van der Waals surface area contributed by atoms with Crippen LogP contribution in [0, 0.1) is 17.1 Å². The molecule has 2 rings (SSSR count). The van der Waals surface area contributed by atoms with E-state index in [-0.39, 0.29) is 5.82 Å². The van der Waals surface area contributed by atoms with Crippen LogP contribution in [0.15, 0.2) is 45.8 Å². The molecule has 0 heterocycles. The van der Waals surface area contributed by atoms with Crippen molar-refractivity contribution in [2.45, 2.75) is 10.6 Å². The van der Waals surface area contributed by atoms with E-state index in [4.69, 9.17) is 11.0 Å². The Morgan fingerprint density at radius 1 is 1.26 bits per heavy atom. The summed E-state index contributed by atoms with van der Waals surface area (Å²) in [6.07, 6.45) is 0. The van der Waals surface area contributed by atoms with Gasteiger partial charge in [0.2, 0.25) is 0 Å². The Kier molecular flexibility index (Phi) is 4.46. The Balaban J connectivity index is 2.16. The fourth-order valence-corrected chi connectivity index (χ4v) is 2.86. The number of hydrogen-bond donors (Lipinski definition) is 1. The summed E-state index contributed by atoms with van der Waals surface area (Å²) < 4.78 is 14.5. The maximum absolute atomic E-state index is 13.6. The van der Waals surface area contributed by atoms with Crippen LogP contribution >= 0.6 is 27.7 Å². The van der Waals surface area contributed by atoms with Gasteiger partial charge in [0.25, 0.3) is 0 Å². The molecule has 0 saturated carbocycles. The molecule has 0 radical (unpaired) electrons. The third-order valence-electron chi connectivity index (χ3n) is 2.53. The van der Waals surface area contributed by atoms with Crippen LogP contribution in [0.5, 0.6) is 0 Å². The number of halogens is 2. The normalized spacial score (nSPS) is 10.2. The topological polar surface area (TPSA) is 49.8 Å². The number of rotatable bonds is 3. The summed E-state index contributed by atoms with van der Waals surface area (Å²) in [6, 6.07) is 11.9. The molecule has 2 N–H and O–H groups in total. The van der Waals surface area contributed by atoms with E-state index in [1.54, 1.807) is 6.07 Å². The lowest BCUT2D eigenvalue weighted by atomic mass is 10.1. The molecule has 0 aliphatic carbocycles. The standard InChI is InChI=1S/C14H10BrFN2S/c15-11-2-4-14(13(18)6-11)19-8-10-5-9(7-17)1-3-12(10)16/h1-6H,8,18H2. The van der Waals surface area contributed by atoms with Crippen LogP contribution in [-0.2, 0) is 5.75 Å². The van der Waals surface area contributed by atoms with Crippen LogP contribution in [0.1, 0.15) is 11.1 Å². The van der Waals surface area contributed by atoms with Gasteiger partial charge in [-0.3, -0.25) is 0 Å². The third-order valence-corrected chi connectivity index (χ3v) is 4.16. The summed E-state index contributed by atoms with van der Waals surface area (Å²) in [4.78, 5) is 0.893. The van der Waals surface area contributed by atoms with E-state index in [1.165, 1.54) is 23.9 Å². The Labute approximate surface area is 123 Å². The van der Waals surface area contributed by atoms with Crippen LogP contribution in [0.2, 0.25) is 0 Å². The average molecular weight is 337 g/mol. The van der Waals surface area contributed by atoms with Gasteiger partial charge in [0.15, 0.2) is 0 Å². The van der Waals surface area contributed by atoms with Gasteiger partial charge in [-0.15, -0.1) is 11.8 Å². The van der Waals surface area contributed by atoms with Crippen LogP contribution < -0.4 is 5.73 Å². The van der Waals surface area contributed by atoms with Crippen molar-refractivity contribution in [3.63, 3.8) is 0 Å². The van der Waals surface area contributed by atoms with Crippen LogP contribution in [0.4, 0.5) is 10.1 Å². The summed E-state index contributed by atoms with van der Waals surface area (Å²) in [5.74, 6) is 0.134. The average Bonchev–Trinajstić information content (AvgIpc) is 2.39. The molecule has 0 unspecified atom stereocenters. The Hall–Kier alpha value is -1.51. The molecule has 0 bridgehead atoms. The zero-order valence-electron chi connectivity index (χ0n) is 9.86. The van der Waals surface area contributed by atoms with E-state index in [2.05, 4.69) is 15.9 Å². The van der Waals surface area contributed by atoms with E-state index >= 15 is 0 Å². The number of nitrogen functional groups attached to an aromatic ring is 1. The van der Waals surface area contributed by atoms with Crippen molar-refractivity contribution >= 4 is 33.4 Å². The Morgan fingerprint density at radius 2 is 2.05 bits per heavy atom. The molecule has 0 aliphatic heterocycles. The zero-order valence-corrected chi connectivity index (χ0v) is 12.3. The molecule has 2 nitrogen and oxygen atoms in total. The van der Waals surface area contributed by atoms with Crippen molar-refractivity contribution in [2.24, 2.45) is 0 Å². The lowest BCUT2D eigenvalue weighted by Crippen LogP contribution is -1.92. The summed E-state index contributed by atoms with van der Waals surface area (Å²) in [5, 5.41) is 8.81. The Morgan fingerprint density at radius 3 is 2.74 bits per heavy atom. The van der Waals surface area contributed by atoms with Gasteiger partial charge in [0, 0.05) is 20.8 Å². The molecule has 0 amide bonds. The van der Waals surface area contributed by atoms with E-state index in [1.807, 2.05) is 24.3 Å². The van der Waals surface area contributed by atoms with E-state index in [9.17, 15) is 4.39 Å². The van der Waals surface area contributed by atoms with Gasteiger partial charge >= 0.3 is 0 Å². The third kappa shape index (κ3) is 3.49. The van der Waals surface area contributed by atoms with Crippen molar-refractivity contribution in [3.8, 4) is 6.07 Å². The first-order valence-corrected chi connectivity index (χ1v) is 7.24. The lowest BCUT2D eigenvalue weighted by Gasteiger charge is -2.07. The monoisotopic (exact) mass is 336 g/mol. The molecular formula is C14H10BrFN2S. The molecular weight excluding hydrogens is 327 g/mol. The molecule has 0 aromatic heterocycles. The fourth-order valence-electron chi connectivity index (χ4n) is 1.56. The quantitative estimate of drug-likeness (QED) is 0.670. The first-order chi connectivity index (χ1) is 9.10. The van der Waals surface area contributed by atoms with Crippen molar-refractivity contribution in [1.82, 2.24) is 0 Å². The second kappa shape index (κ2) is 6.09. The van der Waals surface area contributed by atoms with Crippen molar-refractivity contribution in [1.29, 1.82) is 5.26 Å². The first kappa shape index (κ1) is 13.9. The summed E-state index contributed by atoms with van der Waals surface area (Å²) in [6.45, 7) is 0. The molecule has 0 atom stereocenters. The minimum absolute atomic E-state index is 0.304. The van der Waals surface area contributed by atoms with Gasteiger partial charge in [0.05, 0.1) is 11.6 Å². The van der Waals surface area contributed by atoms with E-state index in [0.717, 1.165) is 9.37 Å². The van der Waals surface area contributed by atoms with Crippen LogP contribution in [-0.4, -0.2) is 0 Å². The molecule has 0 aliphatic rings. The number of benzene rings is 2. The number of nitrogens with two attached hydrogens (primary N) is 1. The predicted molar refractivity (Wildman–Crippen MR) is 79.2 cm³/mol. The number of nitriles is 1. The van der Waals surface area contributed by atoms with Gasteiger partial charge in [-0.1, -0.05) is 15.9 Å². The maximum atomic E-state index is 13.6. The number of thioether (sulfide) groups is 1. The molecule has 2 aromatic rings. The van der Waals surface area contributed by atoms with Gasteiger partial charge in [-0.05, 0) is 42.0 Å². The maximum Gasteiger partial charge on any atom is 0.127 e. The van der Waals surface area contributed by atoms with E-state index < -0.39 is 0 Å². The lowest BCUT2D eigenvalue weighted by molar-refractivity contribution is 0.617. The number of hydrogen-bond acceptors (Lipinski definition) is 3. The largest absolute Gasteiger partial charge is 0.398 e. The number of nitrogens with zero attached hydrogens (tertiary/aromatic N) is 1. The van der Waals surface area contributed by atoms with Crippen molar-refractivity contribution in [2.75, 3.05) is 5.73 Å². The predicted octanol–water partition coefficient (Wildman–Crippen LogP) is 4.33. The molecule has 96 valence electrons. The second-order valence-corrected chi connectivity index (χ2v) is 5.82. The van der Waals surface area contributed by atoms with Gasteiger partial charge < -0.3 is 5.73 Å². The SMILES string of the molecule is N#Cc1ccc(F)c(CSc2ccc(Br)cc2N)c1. The van der Waals surface area contributed by atoms with Crippen LogP contribution in [0.3, 0.4) is 0 Å². The zero-order chi connectivity index (χ0) is 13.8. The fraction of sp³-hybridized carbons (Fsp3) is 0.0714. The first-order valence-electron chi connectivity index (χ1n) is 5.46. The molecule has 19 heavy (non-hydrogen) atoms. The molecule has 5 heteroatoms.